The maximum atomic E-state index is 12.4. The molecular formula is C17H22N2O4. The highest BCUT2D eigenvalue weighted by Crippen LogP contribution is 2.61. The molecule has 1 aromatic heterocycles. The summed E-state index contributed by atoms with van der Waals surface area (Å²) in [6, 6.07) is 2.68. The average molecular weight is 318 g/mol. The number of hydrogen-bond donors (Lipinski definition) is 1. The van der Waals surface area contributed by atoms with Crippen LogP contribution in [-0.2, 0) is 0 Å². The first kappa shape index (κ1) is 14.7. The standard InChI is InChI=1S/C17H22N2O4/c1-10(18-16(20)14-2-3-15(23-14)19(21)22)17-7-11-4-12(8-17)6-13(5-11)9-17/h2-3,10-13H,4-9H2,1H3,(H,18,20)/t10-,11?,12?,13?,17?/m1/s1. The number of amides is 1. The van der Waals surface area contributed by atoms with Crippen LogP contribution in [0.4, 0.5) is 5.88 Å². The average Bonchev–Trinajstić information content (AvgIpc) is 2.95. The maximum absolute atomic E-state index is 12.4. The van der Waals surface area contributed by atoms with Crippen LogP contribution < -0.4 is 5.32 Å². The van der Waals surface area contributed by atoms with Crippen molar-refractivity contribution in [3.8, 4) is 0 Å². The highest BCUT2D eigenvalue weighted by atomic mass is 16.6. The lowest BCUT2D eigenvalue weighted by Crippen LogP contribution is -2.55. The van der Waals surface area contributed by atoms with Gasteiger partial charge in [0.15, 0.2) is 5.76 Å². The Kier molecular flexibility index (Phi) is 3.25. The molecule has 0 spiro atoms. The largest absolute Gasteiger partial charge is 0.433 e. The first-order chi connectivity index (χ1) is 10.9. The van der Waals surface area contributed by atoms with Crippen LogP contribution in [0.5, 0.6) is 0 Å². The summed E-state index contributed by atoms with van der Waals surface area (Å²) >= 11 is 0. The number of furan rings is 1. The van der Waals surface area contributed by atoms with Gasteiger partial charge in [-0.25, -0.2) is 0 Å². The van der Waals surface area contributed by atoms with E-state index in [0.29, 0.717) is 0 Å². The van der Waals surface area contributed by atoms with E-state index in [1.54, 1.807) is 0 Å². The number of nitro groups is 1. The molecule has 5 rings (SSSR count). The number of nitrogens with zero attached hydrogens (tertiary/aromatic N) is 1. The van der Waals surface area contributed by atoms with E-state index in [9.17, 15) is 14.9 Å². The molecule has 124 valence electrons. The fraction of sp³-hybridized carbons (Fsp3) is 0.706. The molecule has 4 fully saturated rings. The molecule has 1 N–H and O–H groups in total. The predicted molar refractivity (Wildman–Crippen MR) is 82.9 cm³/mol. The first-order valence-corrected chi connectivity index (χ1v) is 8.50. The molecule has 1 aromatic rings. The topological polar surface area (TPSA) is 85.4 Å². The molecule has 0 saturated heterocycles. The second-order valence-corrected chi connectivity index (χ2v) is 7.87. The molecule has 0 radical (unpaired) electrons. The summed E-state index contributed by atoms with van der Waals surface area (Å²) in [5, 5.41) is 13.7. The van der Waals surface area contributed by atoms with Gasteiger partial charge in [-0.15, -0.1) is 0 Å². The van der Waals surface area contributed by atoms with Crippen molar-refractivity contribution in [2.45, 2.75) is 51.5 Å². The molecule has 6 nitrogen and oxygen atoms in total. The van der Waals surface area contributed by atoms with Crippen LogP contribution in [0.1, 0.15) is 56.0 Å². The van der Waals surface area contributed by atoms with Crippen LogP contribution in [0.15, 0.2) is 16.5 Å². The fourth-order valence-electron chi connectivity index (χ4n) is 5.68. The molecule has 23 heavy (non-hydrogen) atoms. The van der Waals surface area contributed by atoms with E-state index >= 15 is 0 Å². The molecule has 0 aliphatic heterocycles. The Hall–Kier alpha value is -1.85. The summed E-state index contributed by atoms with van der Waals surface area (Å²) in [5.41, 5.74) is 0.211. The Labute approximate surface area is 134 Å². The molecule has 1 atom stereocenters. The van der Waals surface area contributed by atoms with Gasteiger partial charge >= 0.3 is 5.88 Å². The Bertz CT molecular complexity index is 615. The van der Waals surface area contributed by atoms with Crippen molar-refractivity contribution >= 4 is 11.8 Å². The van der Waals surface area contributed by atoms with Crippen LogP contribution in [0.2, 0.25) is 0 Å². The van der Waals surface area contributed by atoms with Gasteiger partial charge in [-0.3, -0.25) is 14.9 Å². The van der Waals surface area contributed by atoms with Crippen molar-refractivity contribution in [3.05, 3.63) is 28.0 Å². The van der Waals surface area contributed by atoms with Crippen LogP contribution in [0, 0.1) is 33.3 Å². The van der Waals surface area contributed by atoms with E-state index in [2.05, 4.69) is 12.2 Å². The summed E-state index contributed by atoms with van der Waals surface area (Å²) in [4.78, 5) is 22.4. The Morgan fingerprint density at radius 2 is 1.83 bits per heavy atom. The van der Waals surface area contributed by atoms with E-state index < -0.39 is 10.8 Å². The molecule has 1 amide bonds. The van der Waals surface area contributed by atoms with Gasteiger partial charge in [0.2, 0.25) is 0 Å². The zero-order valence-corrected chi connectivity index (χ0v) is 13.3. The number of hydrogen-bond acceptors (Lipinski definition) is 4. The first-order valence-electron chi connectivity index (χ1n) is 8.50. The zero-order valence-electron chi connectivity index (χ0n) is 13.3. The summed E-state index contributed by atoms with van der Waals surface area (Å²) in [6.45, 7) is 2.09. The molecule has 4 aliphatic carbocycles. The van der Waals surface area contributed by atoms with Gasteiger partial charge < -0.3 is 9.73 Å². The third-order valence-electron chi connectivity index (χ3n) is 6.35. The predicted octanol–water partition coefficient (Wildman–Crippen LogP) is 3.52. The second-order valence-electron chi connectivity index (χ2n) is 7.87. The van der Waals surface area contributed by atoms with E-state index in [4.69, 9.17) is 4.42 Å². The summed E-state index contributed by atoms with van der Waals surface area (Å²) < 4.78 is 5.02. The summed E-state index contributed by atoms with van der Waals surface area (Å²) in [6.07, 6.45) is 7.72. The van der Waals surface area contributed by atoms with Crippen LogP contribution in [0.25, 0.3) is 0 Å². The van der Waals surface area contributed by atoms with Crippen molar-refractivity contribution in [3.63, 3.8) is 0 Å². The Morgan fingerprint density at radius 3 is 2.30 bits per heavy atom. The lowest BCUT2D eigenvalue weighted by Gasteiger charge is -2.59. The number of carbonyl (C=O) groups is 1. The van der Waals surface area contributed by atoms with Crippen molar-refractivity contribution in [2.24, 2.45) is 23.2 Å². The van der Waals surface area contributed by atoms with E-state index in [-0.39, 0.29) is 23.1 Å². The zero-order chi connectivity index (χ0) is 16.2. The molecule has 0 unspecified atom stereocenters. The number of rotatable bonds is 4. The minimum absolute atomic E-state index is 0.0216. The number of carbonyl (C=O) groups excluding carboxylic acids is 1. The van der Waals surface area contributed by atoms with Gasteiger partial charge in [-0.2, -0.15) is 0 Å². The minimum atomic E-state index is -0.626. The van der Waals surface area contributed by atoms with Gasteiger partial charge in [-0.1, -0.05) is 0 Å². The van der Waals surface area contributed by atoms with Gasteiger partial charge in [0, 0.05) is 6.04 Å². The Morgan fingerprint density at radius 1 is 1.26 bits per heavy atom. The Balaban J connectivity index is 1.48. The highest BCUT2D eigenvalue weighted by Gasteiger charge is 2.53. The molecule has 0 aromatic carbocycles. The molecular weight excluding hydrogens is 296 g/mol. The van der Waals surface area contributed by atoms with Crippen molar-refractivity contribution in [1.29, 1.82) is 0 Å². The van der Waals surface area contributed by atoms with Gasteiger partial charge in [0.25, 0.3) is 5.91 Å². The van der Waals surface area contributed by atoms with Crippen molar-refractivity contribution < 1.29 is 14.1 Å². The molecule has 4 aliphatic rings. The van der Waals surface area contributed by atoms with Crippen molar-refractivity contribution in [2.75, 3.05) is 0 Å². The smallest absolute Gasteiger partial charge is 0.395 e. The van der Waals surface area contributed by atoms with Crippen molar-refractivity contribution in [1.82, 2.24) is 5.32 Å². The SMILES string of the molecule is C[C@@H](NC(=O)c1ccc([N+](=O)[O-])o1)C12CC3CC(CC(C3)C1)C2. The molecule has 4 saturated carbocycles. The monoisotopic (exact) mass is 318 g/mol. The van der Waals surface area contributed by atoms with E-state index in [1.165, 1.54) is 50.7 Å². The van der Waals surface area contributed by atoms with Gasteiger partial charge in [-0.05, 0) is 74.7 Å². The number of nitrogens with one attached hydrogen (secondary N) is 1. The molecule has 4 bridgehead atoms. The second kappa shape index (κ2) is 5.08. The fourth-order valence-corrected chi connectivity index (χ4v) is 5.68. The minimum Gasteiger partial charge on any atom is -0.395 e. The van der Waals surface area contributed by atoms with Crippen LogP contribution in [0.3, 0.4) is 0 Å². The summed E-state index contributed by atoms with van der Waals surface area (Å²) in [5.74, 6) is 1.76. The van der Waals surface area contributed by atoms with E-state index in [1.807, 2.05) is 0 Å². The van der Waals surface area contributed by atoms with E-state index in [0.717, 1.165) is 17.8 Å². The van der Waals surface area contributed by atoms with Gasteiger partial charge in [0.1, 0.15) is 4.92 Å². The third-order valence-corrected chi connectivity index (χ3v) is 6.35. The van der Waals surface area contributed by atoms with Crippen LogP contribution >= 0.6 is 0 Å². The molecule has 1 heterocycles. The quantitative estimate of drug-likeness (QED) is 0.680. The molecule has 6 heteroatoms. The highest BCUT2D eigenvalue weighted by molar-refractivity contribution is 5.91. The van der Waals surface area contributed by atoms with Gasteiger partial charge in [0.05, 0.1) is 6.07 Å². The maximum Gasteiger partial charge on any atom is 0.433 e. The summed E-state index contributed by atoms with van der Waals surface area (Å²) in [7, 11) is 0. The lowest BCUT2D eigenvalue weighted by molar-refractivity contribution is -0.402. The normalized spacial score (nSPS) is 36.0. The third kappa shape index (κ3) is 2.44. The van der Waals surface area contributed by atoms with Crippen LogP contribution in [-0.4, -0.2) is 16.9 Å². The lowest BCUT2D eigenvalue weighted by atomic mass is 9.48.